The summed E-state index contributed by atoms with van der Waals surface area (Å²) in [5.74, 6) is 0.318. The van der Waals surface area contributed by atoms with Gasteiger partial charge in [0.1, 0.15) is 0 Å². The van der Waals surface area contributed by atoms with Crippen molar-refractivity contribution >= 4 is 29.0 Å². The van der Waals surface area contributed by atoms with Crippen LogP contribution in [-0.2, 0) is 4.79 Å². The molecule has 1 saturated heterocycles. The van der Waals surface area contributed by atoms with Gasteiger partial charge < -0.3 is 10.2 Å². The molecule has 3 nitrogen and oxygen atoms in total. The van der Waals surface area contributed by atoms with Crippen LogP contribution < -0.4 is 5.32 Å². The maximum atomic E-state index is 12.0. The highest BCUT2D eigenvalue weighted by atomic mass is 32.2. The van der Waals surface area contributed by atoms with Crippen molar-refractivity contribution in [2.24, 2.45) is 0 Å². The predicted molar refractivity (Wildman–Crippen MR) is 85.4 cm³/mol. The Morgan fingerprint density at radius 3 is 3.05 bits per heavy atom. The van der Waals surface area contributed by atoms with E-state index in [-0.39, 0.29) is 0 Å². The fourth-order valence-corrected chi connectivity index (χ4v) is 5.59. The number of nitrogens with zero attached hydrogens (tertiary/aromatic N) is 1. The number of hydrogen-bond donors (Lipinski definition) is 1. The molecule has 20 heavy (non-hydrogen) atoms. The molecule has 1 amide bonds. The summed E-state index contributed by atoms with van der Waals surface area (Å²) in [5, 5.41) is 6.43. The molecule has 1 aromatic rings. The van der Waals surface area contributed by atoms with Crippen LogP contribution in [-0.4, -0.2) is 35.7 Å². The Balaban J connectivity index is 1.50. The van der Waals surface area contributed by atoms with Crippen LogP contribution in [0, 0.1) is 0 Å². The monoisotopic (exact) mass is 310 g/mol. The number of nitrogens with one attached hydrogen (secondary N) is 1. The number of likely N-dealkylation sites (tertiary alicyclic amines) is 1. The molecule has 0 saturated carbocycles. The van der Waals surface area contributed by atoms with Gasteiger partial charge in [0, 0.05) is 37.3 Å². The quantitative estimate of drug-likeness (QED) is 0.926. The van der Waals surface area contributed by atoms with Crippen LogP contribution in [0.4, 0.5) is 0 Å². The average molecular weight is 310 g/mol. The van der Waals surface area contributed by atoms with E-state index in [1.165, 1.54) is 22.6 Å². The summed E-state index contributed by atoms with van der Waals surface area (Å²) in [6.45, 7) is 5.01. The second kappa shape index (κ2) is 6.50. The summed E-state index contributed by atoms with van der Waals surface area (Å²) >= 11 is 3.83. The van der Waals surface area contributed by atoms with E-state index in [4.69, 9.17) is 0 Å². The van der Waals surface area contributed by atoms with E-state index in [0.717, 1.165) is 26.1 Å². The van der Waals surface area contributed by atoms with Crippen molar-refractivity contribution < 1.29 is 4.79 Å². The van der Waals surface area contributed by atoms with Crippen LogP contribution in [0.25, 0.3) is 0 Å². The molecule has 0 aromatic carbocycles. The second-order valence-electron chi connectivity index (χ2n) is 5.67. The van der Waals surface area contributed by atoms with Crippen LogP contribution in [0.5, 0.6) is 0 Å². The van der Waals surface area contributed by atoms with Gasteiger partial charge in [0.2, 0.25) is 5.91 Å². The van der Waals surface area contributed by atoms with Crippen LogP contribution >= 0.6 is 23.1 Å². The van der Waals surface area contributed by atoms with Crippen LogP contribution in [0.3, 0.4) is 0 Å². The van der Waals surface area contributed by atoms with Crippen molar-refractivity contribution in [2.45, 2.75) is 48.1 Å². The molecule has 2 aliphatic rings. The number of carbonyl (C=O) groups is 1. The molecule has 5 heteroatoms. The van der Waals surface area contributed by atoms with Crippen molar-refractivity contribution in [2.75, 3.05) is 19.6 Å². The number of hydrogen-bond acceptors (Lipinski definition) is 4. The topological polar surface area (TPSA) is 32.3 Å². The number of fused-ring (bicyclic) bond motifs is 1. The fourth-order valence-electron chi connectivity index (χ4n) is 3.02. The van der Waals surface area contributed by atoms with Gasteiger partial charge in [-0.2, -0.15) is 0 Å². The van der Waals surface area contributed by atoms with Gasteiger partial charge in [0.05, 0.1) is 4.21 Å². The fraction of sp³-hybridized carbons (Fsp3) is 0.667. The third-order valence-corrected chi connectivity index (χ3v) is 6.44. The highest BCUT2D eigenvalue weighted by molar-refractivity contribution is 8.01. The van der Waals surface area contributed by atoms with Gasteiger partial charge in [-0.15, -0.1) is 23.1 Å². The average Bonchev–Trinajstić information content (AvgIpc) is 3.09. The van der Waals surface area contributed by atoms with Gasteiger partial charge in [0.15, 0.2) is 0 Å². The number of thioether (sulfide) groups is 1. The molecule has 0 radical (unpaired) electrons. The van der Waals surface area contributed by atoms with E-state index in [2.05, 4.69) is 23.7 Å². The Morgan fingerprint density at radius 2 is 2.25 bits per heavy atom. The van der Waals surface area contributed by atoms with Gasteiger partial charge in [-0.3, -0.25) is 4.79 Å². The first kappa shape index (κ1) is 14.4. The van der Waals surface area contributed by atoms with Gasteiger partial charge in [-0.05, 0) is 36.3 Å². The largest absolute Gasteiger partial charge is 0.343 e. The summed E-state index contributed by atoms with van der Waals surface area (Å²) in [4.78, 5) is 14.0. The minimum atomic E-state index is 0.318. The van der Waals surface area contributed by atoms with Crippen molar-refractivity contribution in [3.63, 3.8) is 0 Å². The first-order valence-corrected chi connectivity index (χ1v) is 9.25. The summed E-state index contributed by atoms with van der Waals surface area (Å²) in [6.07, 6.45) is 4.15. The molecule has 0 aliphatic carbocycles. The maximum Gasteiger partial charge on any atom is 0.223 e. The van der Waals surface area contributed by atoms with Gasteiger partial charge in [-0.1, -0.05) is 6.92 Å². The number of rotatable bonds is 4. The molecule has 1 fully saturated rings. The number of amides is 1. The summed E-state index contributed by atoms with van der Waals surface area (Å²) in [6, 6.07) is 2.66. The Labute approximate surface area is 129 Å². The molecule has 1 N–H and O–H groups in total. The highest BCUT2D eigenvalue weighted by Crippen LogP contribution is 2.43. The normalized spacial score (nSPS) is 25.8. The van der Waals surface area contributed by atoms with Crippen molar-refractivity contribution in [3.8, 4) is 0 Å². The minimum Gasteiger partial charge on any atom is -0.343 e. The zero-order chi connectivity index (χ0) is 13.9. The van der Waals surface area contributed by atoms with Gasteiger partial charge in [0.25, 0.3) is 0 Å². The Bertz CT molecular complexity index is 468. The second-order valence-corrected chi connectivity index (χ2v) is 8.30. The van der Waals surface area contributed by atoms with E-state index >= 15 is 0 Å². The van der Waals surface area contributed by atoms with Crippen molar-refractivity contribution in [1.29, 1.82) is 0 Å². The van der Waals surface area contributed by atoms with Gasteiger partial charge in [-0.25, -0.2) is 0 Å². The molecule has 1 aromatic heterocycles. The van der Waals surface area contributed by atoms with E-state index in [1.54, 1.807) is 0 Å². The Morgan fingerprint density at radius 1 is 1.45 bits per heavy atom. The summed E-state index contributed by atoms with van der Waals surface area (Å²) < 4.78 is 1.45. The smallest absolute Gasteiger partial charge is 0.223 e. The first-order valence-electron chi connectivity index (χ1n) is 7.49. The molecule has 1 unspecified atom stereocenters. The molecule has 2 atom stereocenters. The van der Waals surface area contributed by atoms with E-state index in [0.29, 0.717) is 23.6 Å². The minimum absolute atomic E-state index is 0.318. The van der Waals surface area contributed by atoms with Crippen molar-refractivity contribution in [1.82, 2.24) is 10.2 Å². The molecular formula is C15H22N2OS2. The molecular weight excluding hydrogens is 288 g/mol. The lowest BCUT2D eigenvalue weighted by Gasteiger charge is -2.27. The lowest BCUT2D eigenvalue weighted by Crippen LogP contribution is -2.33. The van der Waals surface area contributed by atoms with E-state index in [9.17, 15) is 4.79 Å². The predicted octanol–water partition coefficient (Wildman–Crippen LogP) is 3.28. The summed E-state index contributed by atoms with van der Waals surface area (Å²) in [5.41, 5.74) is 1.44. The number of carbonyl (C=O) groups excluding carboxylic acids is 1. The Kier molecular flexibility index (Phi) is 4.68. The Hall–Kier alpha value is -0.520. The SMILES string of the molecule is C[C@H]1CC(NCCC(=O)N2CCCC2)c2ccsc2S1. The lowest BCUT2D eigenvalue weighted by molar-refractivity contribution is -0.130. The van der Waals surface area contributed by atoms with Gasteiger partial charge >= 0.3 is 0 Å². The molecule has 3 rings (SSSR count). The zero-order valence-corrected chi connectivity index (χ0v) is 13.6. The molecule has 2 aliphatic heterocycles. The zero-order valence-electron chi connectivity index (χ0n) is 11.9. The number of thiophene rings is 1. The molecule has 3 heterocycles. The van der Waals surface area contributed by atoms with Crippen LogP contribution in [0.15, 0.2) is 15.7 Å². The van der Waals surface area contributed by atoms with Crippen molar-refractivity contribution in [3.05, 3.63) is 17.0 Å². The molecule has 0 spiro atoms. The van der Waals surface area contributed by atoms with E-state index in [1.807, 2.05) is 28.0 Å². The van der Waals surface area contributed by atoms with E-state index < -0.39 is 0 Å². The first-order chi connectivity index (χ1) is 9.74. The van der Waals surface area contributed by atoms with Crippen LogP contribution in [0.2, 0.25) is 0 Å². The lowest BCUT2D eigenvalue weighted by atomic mass is 10.0. The maximum absolute atomic E-state index is 12.0. The molecule has 110 valence electrons. The molecule has 0 bridgehead atoms. The van der Waals surface area contributed by atoms with Crippen LogP contribution in [0.1, 0.15) is 44.2 Å². The standard InChI is InChI=1S/C15H22N2OS2/c1-11-10-13(12-5-9-19-15(12)20-11)16-6-4-14(18)17-7-2-3-8-17/h5,9,11,13,16H,2-4,6-8,10H2,1H3/t11-,13?/m0/s1. The highest BCUT2D eigenvalue weighted by Gasteiger charge is 2.26. The third kappa shape index (κ3) is 3.21. The summed E-state index contributed by atoms with van der Waals surface area (Å²) in [7, 11) is 0. The third-order valence-electron chi connectivity index (χ3n) is 4.10.